The molecule has 0 bridgehead atoms. The van der Waals surface area contributed by atoms with Gasteiger partial charge in [-0.2, -0.15) is 0 Å². The minimum atomic E-state index is 0.850. The number of para-hydroxylation sites is 1. The molecule has 2 aromatic rings. The first-order valence-electron chi connectivity index (χ1n) is 6.52. The lowest BCUT2D eigenvalue weighted by molar-refractivity contribution is 0.730. The quantitative estimate of drug-likeness (QED) is 0.928. The molecule has 0 spiro atoms. The molecule has 1 aromatic carbocycles. The average Bonchev–Trinajstić information content (AvgIpc) is 2.86. The van der Waals surface area contributed by atoms with Crippen molar-refractivity contribution in [1.82, 2.24) is 5.32 Å². The first-order chi connectivity index (χ1) is 9.29. The van der Waals surface area contributed by atoms with E-state index in [0.717, 1.165) is 31.1 Å². The molecular formula is C15H17ClN2S. The molecule has 0 saturated heterocycles. The van der Waals surface area contributed by atoms with Crippen molar-refractivity contribution in [2.24, 2.45) is 0 Å². The minimum Gasteiger partial charge on any atom is -0.365 e. The summed E-state index contributed by atoms with van der Waals surface area (Å²) in [5.74, 6) is 0. The standard InChI is InChI=1S/C15H17ClN2S/c1-17-9-11-3-2-4-13(16)15(11)18-7-5-14-12(10-18)6-8-19-14/h2-4,6,8,17H,5,7,9-10H2,1H3. The number of nitrogens with one attached hydrogen (secondary N) is 1. The topological polar surface area (TPSA) is 15.3 Å². The zero-order chi connectivity index (χ0) is 13.2. The van der Waals surface area contributed by atoms with Crippen LogP contribution in [-0.2, 0) is 19.5 Å². The molecule has 0 aliphatic carbocycles. The zero-order valence-electron chi connectivity index (χ0n) is 10.9. The van der Waals surface area contributed by atoms with E-state index in [0.29, 0.717) is 0 Å². The Bertz CT molecular complexity index is 579. The predicted octanol–water partition coefficient (Wildman–Crippen LogP) is 3.68. The van der Waals surface area contributed by atoms with E-state index < -0.39 is 0 Å². The molecule has 0 saturated carbocycles. The van der Waals surface area contributed by atoms with Crippen molar-refractivity contribution in [2.75, 3.05) is 18.5 Å². The summed E-state index contributed by atoms with van der Waals surface area (Å²) in [4.78, 5) is 3.93. The van der Waals surface area contributed by atoms with Gasteiger partial charge >= 0.3 is 0 Å². The molecule has 4 heteroatoms. The Labute approximate surface area is 123 Å². The monoisotopic (exact) mass is 292 g/mol. The van der Waals surface area contributed by atoms with Crippen LogP contribution in [0.25, 0.3) is 0 Å². The highest BCUT2D eigenvalue weighted by molar-refractivity contribution is 7.10. The Kier molecular flexibility index (Phi) is 3.78. The number of fused-ring (bicyclic) bond motifs is 1. The van der Waals surface area contributed by atoms with Gasteiger partial charge in [0.1, 0.15) is 0 Å². The van der Waals surface area contributed by atoms with Crippen molar-refractivity contribution in [3.8, 4) is 0 Å². The van der Waals surface area contributed by atoms with Crippen LogP contribution in [0, 0.1) is 0 Å². The Balaban J connectivity index is 1.95. The van der Waals surface area contributed by atoms with E-state index in [1.54, 1.807) is 0 Å². The molecule has 0 fully saturated rings. The van der Waals surface area contributed by atoms with Gasteiger partial charge in [0, 0.05) is 24.5 Å². The van der Waals surface area contributed by atoms with E-state index in [2.05, 4.69) is 27.7 Å². The molecule has 0 unspecified atom stereocenters. The first kappa shape index (κ1) is 13.0. The molecule has 0 radical (unpaired) electrons. The lowest BCUT2D eigenvalue weighted by Crippen LogP contribution is -2.30. The van der Waals surface area contributed by atoms with Crippen molar-refractivity contribution in [1.29, 1.82) is 0 Å². The predicted molar refractivity (Wildman–Crippen MR) is 83.3 cm³/mol. The number of nitrogens with zero attached hydrogens (tertiary/aromatic N) is 1. The van der Waals surface area contributed by atoms with Gasteiger partial charge in [0.2, 0.25) is 0 Å². The van der Waals surface area contributed by atoms with Gasteiger partial charge < -0.3 is 10.2 Å². The van der Waals surface area contributed by atoms with E-state index >= 15 is 0 Å². The maximum Gasteiger partial charge on any atom is 0.0643 e. The second-order valence-electron chi connectivity index (χ2n) is 4.82. The molecule has 0 amide bonds. The highest BCUT2D eigenvalue weighted by Crippen LogP contribution is 2.34. The van der Waals surface area contributed by atoms with Gasteiger partial charge in [-0.3, -0.25) is 0 Å². The van der Waals surface area contributed by atoms with Crippen LogP contribution in [0.4, 0.5) is 5.69 Å². The fourth-order valence-corrected chi connectivity index (χ4v) is 3.89. The van der Waals surface area contributed by atoms with Crippen molar-refractivity contribution < 1.29 is 0 Å². The van der Waals surface area contributed by atoms with Crippen LogP contribution in [-0.4, -0.2) is 13.6 Å². The smallest absolute Gasteiger partial charge is 0.0643 e. The summed E-state index contributed by atoms with van der Waals surface area (Å²) in [7, 11) is 1.97. The summed E-state index contributed by atoms with van der Waals surface area (Å²) in [6, 6.07) is 8.40. The largest absolute Gasteiger partial charge is 0.365 e. The zero-order valence-corrected chi connectivity index (χ0v) is 12.5. The number of hydrogen-bond acceptors (Lipinski definition) is 3. The van der Waals surface area contributed by atoms with E-state index in [9.17, 15) is 0 Å². The molecular weight excluding hydrogens is 276 g/mol. The molecule has 19 heavy (non-hydrogen) atoms. The number of anilines is 1. The maximum atomic E-state index is 6.43. The Hall–Kier alpha value is -1.03. The van der Waals surface area contributed by atoms with Gasteiger partial charge in [-0.25, -0.2) is 0 Å². The highest BCUT2D eigenvalue weighted by atomic mass is 35.5. The van der Waals surface area contributed by atoms with Crippen molar-refractivity contribution >= 4 is 28.6 Å². The third-order valence-corrected chi connectivity index (χ3v) is 4.89. The van der Waals surface area contributed by atoms with Crippen LogP contribution in [0.5, 0.6) is 0 Å². The Morgan fingerprint density at radius 2 is 2.26 bits per heavy atom. The molecule has 0 atom stereocenters. The van der Waals surface area contributed by atoms with Crippen molar-refractivity contribution in [2.45, 2.75) is 19.5 Å². The third-order valence-electron chi connectivity index (χ3n) is 3.56. The molecule has 2 nitrogen and oxygen atoms in total. The summed E-state index contributed by atoms with van der Waals surface area (Å²) in [5, 5.41) is 6.26. The fourth-order valence-electron chi connectivity index (χ4n) is 2.69. The van der Waals surface area contributed by atoms with Crippen LogP contribution >= 0.6 is 22.9 Å². The van der Waals surface area contributed by atoms with E-state index in [4.69, 9.17) is 11.6 Å². The summed E-state index contributed by atoms with van der Waals surface area (Å²) in [6.45, 7) is 2.87. The van der Waals surface area contributed by atoms with Crippen LogP contribution in [0.15, 0.2) is 29.6 Å². The SMILES string of the molecule is CNCc1cccc(Cl)c1N1CCc2sccc2C1. The molecule has 1 aromatic heterocycles. The van der Waals surface area contributed by atoms with Crippen LogP contribution in [0.2, 0.25) is 5.02 Å². The third kappa shape index (κ3) is 2.50. The van der Waals surface area contributed by atoms with Crippen LogP contribution in [0.1, 0.15) is 16.0 Å². The average molecular weight is 293 g/mol. The highest BCUT2D eigenvalue weighted by Gasteiger charge is 2.21. The second kappa shape index (κ2) is 5.53. The maximum absolute atomic E-state index is 6.43. The van der Waals surface area contributed by atoms with Crippen LogP contribution < -0.4 is 10.2 Å². The summed E-state index contributed by atoms with van der Waals surface area (Å²) < 4.78 is 0. The lowest BCUT2D eigenvalue weighted by atomic mass is 10.1. The van der Waals surface area contributed by atoms with Crippen molar-refractivity contribution in [3.05, 3.63) is 50.7 Å². The normalized spacial score (nSPS) is 14.5. The number of hydrogen-bond donors (Lipinski definition) is 1. The molecule has 1 aliphatic rings. The fraction of sp³-hybridized carbons (Fsp3) is 0.333. The van der Waals surface area contributed by atoms with Gasteiger partial charge in [-0.15, -0.1) is 11.3 Å². The lowest BCUT2D eigenvalue weighted by Gasteiger charge is -2.31. The summed E-state index contributed by atoms with van der Waals surface area (Å²) in [5.41, 5.74) is 3.91. The molecule has 2 heterocycles. The van der Waals surface area contributed by atoms with Gasteiger partial charge in [-0.05, 0) is 42.1 Å². The number of thiophene rings is 1. The summed E-state index contributed by atoms with van der Waals surface area (Å²) >= 11 is 8.30. The Morgan fingerprint density at radius 1 is 1.37 bits per heavy atom. The van der Waals surface area contributed by atoms with Gasteiger partial charge in [-0.1, -0.05) is 23.7 Å². The van der Waals surface area contributed by atoms with E-state index in [1.165, 1.54) is 21.7 Å². The second-order valence-corrected chi connectivity index (χ2v) is 6.23. The minimum absolute atomic E-state index is 0.850. The molecule has 1 aliphatic heterocycles. The van der Waals surface area contributed by atoms with E-state index in [-0.39, 0.29) is 0 Å². The number of benzene rings is 1. The first-order valence-corrected chi connectivity index (χ1v) is 7.77. The summed E-state index contributed by atoms with van der Waals surface area (Å²) in [6.07, 6.45) is 1.12. The van der Waals surface area contributed by atoms with Gasteiger partial charge in [0.05, 0.1) is 10.7 Å². The Morgan fingerprint density at radius 3 is 3.11 bits per heavy atom. The van der Waals surface area contributed by atoms with Crippen LogP contribution in [0.3, 0.4) is 0 Å². The van der Waals surface area contributed by atoms with Gasteiger partial charge in [0.15, 0.2) is 0 Å². The van der Waals surface area contributed by atoms with E-state index in [1.807, 2.05) is 30.5 Å². The van der Waals surface area contributed by atoms with Gasteiger partial charge in [0.25, 0.3) is 0 Å². The van der Waals surface area contributed by atoms with Crippen molar-refractivity contribution in [3.63, 3.8) is 0 Å². The number of halogens is 1. The molecule has 100 valence electrons. The molecule has 3 rings (SSSR count). The number of rotatable bonds is 3. The molecule has 1 N–H and O–H groups in total.